The highest BCUT2D eigenvalue weighted by Gasteiger charge is 2.27. The highest BCUT2D eigenvalue weighted by atomic mass is 79.9. The number of hydrogen-bond acceptors (Lipinski definition) is 4. The number of aliphatic hydroxyl groups is 2. The zero-order valence-corrected chi connectivity index (χ0v) is 19.4. The molecular weight excluding hydrogens is 486 g/mol. The van der Waals surface area contributed by atoms with E-state index in [0.29, 0.717) is 17.0 Å². The lowest BCUT2D eigenvalue weighted by atomic mass is 9.67. The normalized spacial score (nSPS) is 11.4. The van der Waals surface area contributed by atoms with Crippen LogP contribution < -0.4 is 20.4 Å². The molecule has 0 unspecified atom stereocenters. The summed E-state index contributed by atoms with van der Waals surface area (Å²) in [5.74, 6) is 1.25. The van der Waals surface area contributed by atoms with Crippen LogP contribution in [0.3, 0.4) is 0 Å². The standard InChI is InChI=1S/C20H23B2Br2O4/c1-20(2,13-10-16(23)19(17(24)11-13)28-7-5-26)12-8-14(21)18(27-6-4-25)15(9-12)22-3/h8-11,25-26H,4-7H2,1-3H3. The molecule has 0 aliphatic carbocycles. The molecule has 0 atom stereocenters. The third-order valence-electron chi connectivity index (χ3n) is 4.57. The van der Waals surface area contributed by atoms with E-state index in [9.17, 15) is 0 Å². The lowest BCUT2D eigenvalue weighted by Crippen LogP contribution is -2.30. The topological polar surface area (TPSA) is 58.9 Å². The van der Waals surface area contributed by atoms with Crippen LogP contribution in [0.2, 0.25) is 6.82 Å². The molecule has 2 N–H and O–H groups in total. The van der Waals surface area contributed by atoms with Crippen molar-refractivity contribution in [3.05, 3.63) is 44.3 Å². The number of benzene rings is 2. The van der Waals surface area contributed by atoms with E-state index in [2.05, 4.69) is 51.8 Å². The van der Waals surface area contributed by atoms with Gasteiger partial charge in [0.25, 0.3) is 0 Å². The molecule has 4 nitrogen and oxygen atoms in total. The molecule has 0 saturated heterocycles. The summed E-state index contributed by atoms with van der Waals surface area (Å²) in [4.78, 5) is 0. The smallest absolute Gasteiger partial charge is 0.153 e. The monoisotopic (exact) mass is 507 g/mol. The summed E-state index contributed by atoms with van der Waals surface area (Å²) in [6.07, 6.45) is 0. The Labute approximate surface area is 185 Å². The molecule has 0 aromatic heterocycles. The molecule has 2 aromatic carbocycles. The lowest BCUT2D eigenvalue weighted by Gasteiger charge is -2.29. The average Bonchev–Trinajstić information content (AvgIpc) is 2.65. The Morgan fingerprint density at radius 1 is 0.929 bits per heavy atom. The van der Waals surface area contributed by atoms with Crippen LogP contribution >= 0.6 is 31.9 Å². The maximum Gasteiger partial charge on any atom is 0.153 e. The zero-order valence-electron chi connectivity index (χ0n) is 16.3. The van der Waals surface area contributed by atoms with Gasteiger partial charge in [0.2, 0.25) is 0 Å². The first-order valence-electron chi connectivity index (χ1n) is 8.96. The number of rotatable bonds is 9. The van der Waals surface area contributed by atoms with E-state index in [1.165, 1.54) is 0 Å². The molecule has 28 heavy (non-hydrogen) atoms. The molecule has 3 radical (unpaired) electrons. The maximum atomic E-state index is 9.03. The summed E-state index contributed by atoms with van der Waals surface area (Å²) in [5, 5.41) is 18.0. The molecule has 0 heterocycles. The first kappa shape index (κ1) is 23.3. The first-order chi connectivity index (χ1) is 13.3. The van der Waals surface area contributed by atoms with Crippen LogP contribution in [0.25, 0.3) is 0 Å². The molecule has 2 aromatic rings. The van der Waals surface area contributed by atoms with E-state index in [1.54, 1.807) is 0 Å². The van der Waals surface area contributed by atoms with E-state index in [-0.39, 0.29) is 31.8 Å². The summed E-state index contributed by atoms with van der Waals surface area (Å²) >= 11 is 7.13. The molecule has 0 amide bonds. The molecule has 147 valence electrons. The minimum absolute atomic E-state index is 0.0492. The molecule has 0 spiro atoms. The van der Waals surface area contributed by atoms with Crippen molar-refractivity contribution in [1.29, 1.82) is 0 Å². The molecule has 0 fully saturated rings. The second-order valence-corrected chi connectivity index (χ2v) is 8.52. The Balaban J connectivity index is 2.48. The number of ether oxygens (including phenoxy) is 2. The third-order valence-corrected chi connectivity index (χ3v) is 5.75. The Kier molecular flexibility index (Phi) is 8.49. The van der Waals surface area contributed by atoms with Gasteiger partial charge in [-0.2, -0.15) is 0 Å². The van der Waals surface area contributed by atoms with Crippen molar-refractivity contribution >= 4 is 57.9 Å². The molecule has 0 aliphatic rings. The zero-order chi connectivity index (χ0) is 20.9. The molecular formula is C20H23B2Br2O4. The minimum Gasteiger partial charge on any atom is -0.492 e. The van der Waals surface area contributed by atoms with Gasteiger partial charge in [0.1, 0.15) is 32.6 Å². The van der Waals surface area contributed by atoms with E-state index in [0.717, 1.165) is 25.5 Å². The van der Waals surface area contributed by atoms with Crippen molar-refractivity contribution in [3.8, 4) is 11.5 Å². The van der Waals surface area contributed by atoms with Crippen LogP contribution in [-0.4, -0.2) is 51.8 Å². The van der Waals surface area contributed by atoms with Gasteiger partial charge in [0.05, 0.1) is 22.2 Å². The Morgan fingerprint density at radius 3 is 1.93 bits per heavy atom. The SMILES string of the molecule is [B]c1cc(C(C)(C)c2cc(Br)c(OCCO)c(Br)c2)cc([B]C)c1OCCO. The second-order valence-electron chi connectivity index (χ2n) is 6.81. The molecule has 2 rings (SSSR count). The molecule has 0 saturated carbocycles. The average molecular weight is 509 g/mol. The van der Waals surface area contributed by atoms with Gasteiger partial charge in [-0.05, 0) is 60.6 Å². The van der Waals surface area contributed by atoms with Crippen molar-refractivity contribution in [2.75, 3.05) is 26.4 Å². The van der Waals surface area contributed by atoms with E-state index < -0.39 is 0 Å². The van der Waals surface area contributed by atoms with Crippen LogP contribution in [0.1, 0.15) is 25.0 Å². The summed E-state index contributed by atoms with van der Waals surface area (Å²) in [5.41, 5.74) is 3.18. The van der Waals surface area contributed by atoms with Crippen molar-refractivity contribution in [2.45, 2.75) is 26.1 Å². The van der Waals surface area contributed by atoms with Crippen molar-refractivity contribution in [1.82, 2.24) is 0 Å². The lowest BCUT2D eigenvalue weighted by molar-refractivity contribution is 0.200. The molecule has 8 heteroatoms. The van der Waals surface area contributed by atoms with Crippen LogP contribution in [0, 0.1) is 0 Å². The Morgan fingerprint density at radius 2 is 1.43 bits per heavy atom. The van der Waals surface area contributed by atoms with Gasteiger partial charge in [0, 0.05) is 5.41 Å². The van der Waals surface area contributed by atoms with Gasteiger partial charge in [-0.3, -0.25) is 0 Å². The van der Waals surface area contributed by atoms with Crippen LogP contribution in [-0.2, 0) is 5.41 Å². The quantitative estimate of drug-likeness (QED) is 0.511. The first-order valence-corrected chi connectivity index (χ1v) is 10.5. The summed E-state index contributed by atoms with van der Waals surface area (Å²) in [6, 6.07) is 8.00. The fraction of sp³-hybridized carbons (Fsp3) is 0.400. The van der Waals surface area contributed by atoms with Crippen LogP contribution in [0.4, 0.5) is 0 Å². The fourth-order valence-electron chi connectivity index (χ4n) is 2.94. The summed E-state index contributed by atoms with van der Waals surface area (Å²) in [6.45, 7) is 6.48. The van der Waals surface area contributed by atoms with Crippen molar-refractivity contribution in [3.63, 3.8) is 0 Å². The Hall–Kier alpha value is -0.950. The van der Waals surface area contributed by atoms with Gasteiger partial charge in [0.15, 0.2) is 7.28 Å². The van der Waals surface area contributed by atoms with Gasteiger partial charge in [-0.1, -0.05) is 38.3 Å². The minimum atomic E-state index is -0.345. The van der Waals surface area contributed by atoms with Crippen molar-refractivity contribution in [2.24, 2.45) is 0 Å². The second kappa shape index (κ2) is 10.2. The summed E-state index contributed by atoms with van der Waals surface area (Å²) in [7, 11) is 8.21. The number of halogens is 2. The van der Waals surface area contributed by atoms with Gasteiger partial charge in [-0.25, -0.2) is 0 Å². The summed E-state index contributed by atoms with van der Waals surface area (Å²) < 4.78 is 12.8. The predicted octanol–water partition coefficient (Wildman–Crippen LogP) is 2.45. The van der Waals surface area contributed by atoms with Crippen molar-refractivity contribution < 1.29 is 19.7 Å². The van der Waals surface area contributed by atoms with Gasteiger partial charge in [-0.15, -0.1) is 0 Å². The van der Waals surface area contributed by atoms with Crippen LogP contribution in [0.15, 0.2) is 33.2 Å². The van der Waals surface area contributed by atoms with Gasteiger partial charge >= 0.3 is 0 Å². The van der Waals surface area contributed by atoms with E-state index >= 15 is 0 Å². The van der Waals surface area contributed by atoms with E-state index in [1.807, 2.05) is 32.3 Å². The van der Waals surface area contributed by atoms with Gasteiger partial charge < -0.3 is 19.7 Å². The largest absolute Gasteiger partial charge is 0.492 e. The maximum absolute atomic E-state index is 9.03. The predicted molar refractivity (Wildman–Crippen MR) is 122 cm³/mol. The highest BCUT2D eigenvalue weighted by Crippen LogP contribution is 2.40. The third kappa shape index (κ3) is 5.15. The number of hydrogen-bond donors (Lipinski definition) is 2. The molecule has 0 aliphatic heterocycles. The van der Waals surface area contributed by atoms with Crippen LogP contribution in [0.5, 0.6) is 11.5 Å². The van der Waals surface area contributed by atoms with E-state index in [4.69, 9.17) is 27.5 Å². The Bertz CT molecular complexity index is 805. The fourth-order valence-corrected chi connectivity index (χ4v) is 4.35. The highest BCUT2D eigenvalue weighted by molar-refractivity contribution is 9.11. The number of aliphatic hydroxyl groups excluding tert-OH is 2. The molecule has 0 bridgehead atoms.